The SMILES string of the molecule is C=C(C)NOc1c(C(=O)c2nccs2)cc(CO[Si](c2ccccc2)(c2ccccc2)C(C)(C)C)c(N2C[C@@H](C)O[C@H](C)C2)c1F. The van der Waals surface area contributed by atoms with Crippen molar-refractivity contribution in [2.24, 2.45) is 0 Å². The average Bonchev–Trinajstić information content (AvgIpc) is 3.55. The number of carbonyl (C=O) groups excluding carboxylic acids is 1. The molecule has 242 valence electrons. The van der Waals surface area contributed by atoms with E-state index in [2.05, 4.69) is 62.1 Å². The molecule has 0 aliphatic carbocycles. The number of allylic oxidation sites excluding steroid dienone is 1. The number of aromatic nitrogens is 1. The molecule has 1 N–H and O–H groups in total. The van der Waals surface area contributed by atoms with Crippen molar-refractivity contribution in [3.05, 3.63) is 113 Å². The van der Waals surface area contributed by atoms with E-state index in [4.69, 9.17) is 14.0 Å². The number of hydroxylamine groups is 1. The fourth-order valence-corrected chi connectivity index (χ4v) is 11.4. The minimum atomic E-state index is -3.01. The van der Waals surface area contributed by atoms with Gasteiger partial charge in [0.05, 0.1) is 30.1 Å². The molecule has 46 heavy (non-hydrogen) atoms. The van der Waals surface area contributed by atoms with Crippen LogP contribution in [0.5, 0.6) is 5.75 Å². The molecule has 1 fully saturated rings. The normalized spacial score (nSPS) is 17.1. The molecule has 1 aliphatic heterocycles. The number of ketones is 1. The Labute approximate surface area is 276 Å². The molecule has 2 atom stereocenters. The van der Waals surface area contributed by atoms with Crippen LogP contribution in [0.2, 0.25) is 5.04 Å². The summed E-state index contributed by atoms with van der Waals surface area (Å²) in [6.45, 7) is 17.0. The number of nitrogens with zero attached hydrogens (tertiary/aromatic N) is 2. The first-order chi connectivity index (χ1) is 21.9. The number of anilines is 1. The number of nitrogens with one attached hydrogen (secondary N) is 1. The van der Waals surface area contributed by atoms with Crippen molar-refractivity contribution in [3.8, 4) is 5.75 Å². The quantitative estimate of drug-likeness (QED) is 0.110. The van der Waals surface area contributed by atoms with Crippen LogP contribution in [0.25, 0.3) is 0 Å². The first-order valence-corrected chi connectivity index (χ1v) is 18.2. The maximum Gasteiger partial charge on any atom is 0.261 e. The van der Waals surface area contributed by atoms with E-state index in [0.717, 1.165) is 10.4 Å². The Morgan fingerprint density at radius 2 is 1.67 bits per heavy atom. The van der Waals surface area contributed by atoms with Crippen molar-refractivity contribution in [1.29, 1.82) is 0 Å². The monoisotopic (exact) mass is 659 g/mol. The van der Waals surface area contributed by atoms with Crippen molar-refractivity contribution >= 4 is 41.5 Å². The molecular formula is C36H42FN3O4SSi. The highest BCUT2D eigenvalue weighted by atomic mass is 32.1. The summed E-state index contributed by atoms with van der Waals surface area (Å²) in [6.07, 6.45) is 1.28. The van der Waals surface area contributed by atoms with Crippen LogP contribution >= 0.6 is 11.3 Å². The van der Waals surface area contributed by atoms with E-state index < -0.39 is 19.9 Å². The summed E-state index contributed by atoms with van der Waals surface area (Å²) in [6, 6.07) is 22.3. The van der Waals surface area contributed by atoms with E-state index >= 15 is 4.39 Å². The van der Waals surface area contributed by atoms with Crippen LogP contribution in [0.3, 0.4) is 0 Å². The Morgan fingerprint density at radius 3 is 2.17 bits per heavy atom. The molecular weight excluding hydrogens is 618 g/mol. The Hall–Kier alpha value is -3.83. The van der Waals surface area contributed by atoms with Gasteiger partial charge in [-0.15, -0.1) is 11.3 Å². The number of halogens is 1. The van der Waals surface area contributed by atoms with E-state index in [-0.39, 0.29) is 40.2 Å². The molecule has 4 aromatic rings. The Balaban J connectivity index is 1.72. The molecule has 1 aliphatic rings. The average molecular weight is 660 g/mol. The van der Waals surface area contributed by atoms with Gasteiger partial charge in [-0.05, 0) is 42.2 Å². The summed E-state index contributed by atoms with van der Waals surface area (Å²) in [7, 11) is -3.01. The highest BCUT2D eigenvalue weighted by Crippen LogP contribution is 2.41. The molecule has 1 saturated heterocycles. The van der Waals surface area contributed by atoms with E-state index in [1.165, 1.54) is 11.3 Å². The van der Waals surface area contributed by atoms with Crippen molar-refractivity contribution in [2.45, 2.75) is 65.4 Å². The van der Waals surface area contributed by atoms with Crippen LogP contribution in [-0.2, 0) is 15.8 Å². The zero-order valence-electron chi connectivity index (χ0n) is 27.3. The maximum atomic E-state index is 17.1. The van der Waals surface area contributed by atoms with Gasteiger partial charge in [-0.3, -0.25) is 4.79 Å². The number of ether oxygens (including phenoxy) is 1. The van der Waals surface area contributed by atoms with Gasteiger partial charge >= 0.3 is 0 Å². The topological polar surface area (TPSA) is 72.9 Å². The van der Waals surface area contributed by atoms with Crippen molar-refractivity contribution in [1.82, 2.24) is 10.5 Å². The largest absolute Gasteiger partial charge is 0.403 e. The van der Waals surface area contributed by atoms with Gasteiger partial charge in [-0.2, -0.15) is 0 Å². The molecule has 5 rings (SSSR count). The molecule has 3 aromatic carbocycles. The van der Waals surface area contributed by atoms with Crippen molar-refractivity contribution in [2.75, 3.05) is 18.0 Å². The summed E-state index contributed by atoms with van der Waals surface area (Å²) >= 11 is 1.19. The van der Waals surface area contributed by atoms with Crippen LogP contribution in [0.15, 0.2) is 90.6 Å². The smallest absolute Gasteiger partial charge is 0.261 e. The number of morpholine rings is 1. The van der Waals surface area contributed by atoms with Gasteiger partial charge in [-0.1, -0.05) is 88.0 Å². The van der Waals surface area contributed by atoms with E-state index in [1.54, 1.807) is 24.6 Å². The fraction of sp³-hybridized carbons (Fsp3) is 0.333. The number of hydrogen-bond donors (Lipinski definition) is 1. The third kappa shape index (κ3) is 6.80. The highest BCUT2D eigenvalue weighted by molar-refractivity contribution is 7.11. The summed E-state index contributed by atoms with van der Waals surface area (Å²) < 4.78 is 30.4. The number of benzene rings is 3. The second kappa shape index (κ2) is 13.9. The van der Waals surface area contributed by atoms with E-state index in [9.17, 15) is 4.79 Å². The molecule has 0 radical (unpaired) electrons. The highest BCUT2D eigenvalue weighted by Gasteiger charge is 2.50. The molecule has 2 heterocycles. The number of carbonyl (C=O) groups is 1. The zero-order chi connectivity index (χ0) is 33.1. The fourth-order valence-electron chi connectivity index (χ4n) is 6.29. The van der Waals surface area contributed by atoms with Gasteiger partial charge in [0.15, 0.2) is 10.8 Å². The molecule has 0 saturated carbocycles. The summed E-state index contributed by atoms with van der Waals surface area (Å²) in [5, 5.41) is 3.86. The van der Waals surface area contributed by atoms with Gasteiger partial charge in [0, 0.05) is 35.9 Å². The van der Waals surface area contributed by atoms with Gasteiger partial charge in [0.25, 0.3) is 8.32 Å². The van der Waals surface area contributed by atoms with Crippen molar-refractivity contribution < 1.29 is 23.2 Å². The Bertz CT molecular complexity index is 1610. The zero-order valence-corrected chi connectivity index (χ0v) is 29.1. The lowest BCUT2D eigenvalue weighted by Crippen LogP contribution is -2.66. The van der Waals surface area contributed by atoms with Gasteiger partial charge < -0.3 is 18.9 Å². The van der Waals surface area contributed by atoms with E-state index in [0.29, 0.717) is 30.0 Å². The third-order valence-electron chi connectivity index (χ3n) is 8.07. The molecule has 7 nitrogen and oxygen atoms in total. The van der Waals surface area contributed by atoms with Crippen LogP contribution in [0.1, 0.15) is 62.5 Å². The minimum absolute atomic E-state index is 0.0559. The first kappa shape index (κ1) is 33.5. The Morgan fingerprint density at radius 1 is 1.09 bits per heavy atom. The van der Waals surface area contributed by atoms with Crippen LogP contribution in [0, 0.1) is 5.82 Å². The van der Waals surface area contributed by atoms with Gasteiger partial charge in [-0.25, -0.2) is 14.9 Å². The van der Waals surface area contributed by atoms with Crippen LogP contribution in [-0.4, -0.2) is 44.4 Å². The predicted octanol–water partition coefficient (Wildman–Crippen LogP) is 6.62. The van der Waals surface area contributed by atoms with E-state index in [1.807, 2.05) is 55.1 Å². The second-order valence-electron chi connectivity index (χ2n) is 12.8. The maximum absolute atomic E-state index is 17.1. The van der Waals surface area contributed by atoms with Gasteiger partial charge in [0.1, 0.15) is 0 Å². The lowest BCUT2D eigenvalue weighted by atomic mass is 10.0. The first-order valence-electron chi connectivity index (χ1n) is 15.5. The predicted molar refractivity (Wildman–Crippen MR) is 185 cm³/mol. The standard InChI is InChI=1S/C36H42FN3O4SSi/c1-24(2)39-44-34-30(33(41)35-38-18-19-45-35)20-27(32(31(34)37)40-21-25(3)43-26(4)22-40)23-42-46(36(5,6)7,28-14-10-8-11-15-28)29-16-12-9-13-17-29/h8-20,25-26,39H,1,21-23H2,2-7H3/t25-,26-/m1/s1. The van der Waals surface area contributed by atoms with Crippen molar-refractivity contribution in [3.63, 3.8) is 0 Å². The van der Waals surface area contributed by atoms with Crippen LogP contribution < -0.4 is 25.6 Å². The lowest BCUT2D eigenvalue weighted by molar-refractivity contribution is -0.00554. The molecule has 0 bridgehead atoms. The third-order valence-corrected chi connectivity index (χ3v) is 13.8. The second-order valence-corrected chi connectivity index (χ2v) is 18.0. The summed E-state index contributed by atoms with van der Waals surface area (Å²) in [5.74, 6) is -1.30. The molecule has 0 amide bonds. The van der Waals surface area contributed by atoms with Crippen LogP contribution in [0.4, 0.5) is 10.1 Å². The summed E-state index contributed by atoms with van der Waals surface area (Å²) in [5.41, 5.74) is 4.05. The minimum Gasteiger partial charge on any atom is -0.403 e. The molecule has 0 spiro atoms. The number of hydrogen-bond acceptors (Lipinski definition) is 8. The lowest BCUT2D eigenvalue weighted by Gasteiger charge is -2.43. The Kier molecular flexibility index (Phi) is 10.1. The number of thiazole rings is 1. The molecule has 10 heteroatoms. The molecule has 1 aromatic heterocycles. The van der Waals surface area contributed by atoms with Gasteiger partial charge in [0.2, 0.25) is 11.5 Å². The molecule has 0 unspecified atom stereocenters. The number of rotatable bonds is 11. The summed E-state index contributed by atoms with van der Waals surface area (Å²) in [4.78, 5) is 25.8.